The summed E-state index contributed by atoms with van der Waals surface area (Å²) < 4.78 is 34.6. The molecule has 6 aromatic carbocycles. The Morgan fingerprint density at radius 2 is 0.583 bits per heavy atom. The molecule has 0 aliphatic carbocycles. The zero-order chi connectivity index (χ0) is 51.1. The minimum absolute atomic E-state index is 0.771. The van der Waals surface area contributed by atoms with Gasteiger partial charge in [0.05, 0.1) is 59.7 Å². The molecule has 0 bridgehead atoms. The van der Waals surface area contributed by atoms with Gasteiger partial charge < -0.3 is 23.8 Å². The van der Waals surface area contributed by atoms with Gasteiger partial charge in [-0.05, 0) is 145 Å². The van der Waals surface area contributed by atoms with E-state index in [9.17, 15) is 4.32 Å². The Hall–Kier alpha value is -6.87. The van der Waals surface area contributed by atoms with Crippen molar-refractivity contribution in [3.63, 3.8) is 0 Å². The molecule has 8 rings (SSSR count). The normalized spacial score (nSPS) is 10.7. The number of rotatable bonds is 20. The zero-order valence-electron chi connectivity index (χ0n) is 43.1. The first-order chi connectivity index (χ1) is 35.1. The predicted molar refractivity (Wildman–Crippen MR) is 293 cm³/mol. The first-order valence-electron chi connectivity index (χ1n) is 25.9. The summed E-state index contributed by atoms with van der Waals surface area (Å²) >= 11 is 0. The van der Waals surface area contributed by atoms with Crippen molar-refractivity contribution in [3.8, 4) is 79.0 Å². The maximum atomic E-state index is 9.89. The van der Waals surface area contributed by atoms with Gasteiger partial charge >= 0.3 is 23.0 Å². The third-order valence-electron chi connectivity index (χ3n) is 12.6. The lowest BCUT2D eigenvalue weighted by molar-refractivity contribution is -0.366. The molecule has 0 radical (unpaired) electrons. The van der Waals surface area contributed by atoms with Crippen LogP contribution in [0.15, 0.2) is 179 Å². The highest BCUT2D eigenvalue weighted by atomic mass is 19.1. The Bertz CT molecular complexity index is 2480. The Morgan fingerprint density at radius 3 is 0.806 bits per heavy atom. The summed E-state index contributed by atoms with van der Waals surface area (Å²) in [5.41, 5.74) is 14.2. The number of halogens is 1. The second-order valence-corrected chi connectivity index (χ2v) is 17.8. The first kappa shape index (κ1) is 54.5. The van der Waals surface area contributed by atoms with Crippen molar-refractivity contribution in [1.82, 2.24) is 0 Å². The third-order valence-corrected chi connectivity index (χ3v) is 12.6. The molecule has 72 heavy (non-hydrogen) atoms. The summed E-state index contributed by atoms with van der Waals surface area (Å²) in [5, 5.41) is 16.6. The fourth-order valence-electron chi connectivity index (χ4n) is 8.10. The van der Waals surface area contributed by atoms with E-state index in [1.807, 2.05) is 0 Å². The molecule has 0 atom stereocenters. The second kappa shape index (κ2) is 28.8. The molecule has 0 saturated heterocycles. The highest BCUT2D eigenvalue weighted by Crippen LogP contribution is 2.36. The van der Waals surface area contributed by atoms with Gasteiger partial charge in [0.2, 0.25) is 0 Å². The summed E-state index contributed by atoms with van der Waals surface area (Å²) in [7, 11) is -3.17. The lowest BCUT2D eigenvalue weighted by atomic mass is 10.0. The fraction of sp³-hybridized carbons (Fsp3) is 0.281. The molecule has 8 aromatic rings. The Kier molecular flexibility index (Phi) is 21.8. The van der Waals surface area contributed by atoms with Crippen molar-refractivity contribution in [2.45, 2.75) is 106 Å². The zero-order valence-corrected chi connectivity index (χ0v) is 43.1. The van der Waals surface area contributed by atoms with Crippen molar-refractivity contribution < 1.29 is 32.7 Å². The molecule has 8 heteroatoms. The van der Waals surface area contributed by atoms with Crippen LogP contribution in [-0.4, -0.2) is 20.6 Å². The molecule has 2 aromatic heterocycles. The van der Waals surface area contributed by atoms with E-state index in [4.69, 9.17) is 28.4 Å². The highest BCUT2D eigenvalue weighted by Gasteiger charge is 2.23. The lowest BCUT2D eigenvalue weighted by Gasteiger charge is -2.09. The molecule has 6 nitrogen and oxygen atoms in total. The lowest BCUT2D eigenvalue weighted by Crippen LogP contribution is -2.39. The molecule has 372 valence electrons. The van der Waals surface area contributed by atoms with E-state index in [1.165, 1.54) is 47.9 Å². The van der Waals surface area contributed by atoms with Crippen LogP contribution in [0.2, 0.25) is 0 Å². The maximum Gasteiger partial charge on any atom is 0.361 e. The Morgan fingerprint density at radius 1 is 0.347 bits per heavy atom. The number of hydrogen-bond acceptors (Lipinski definition) is 4. The van der Waals surface area contributed by atoms with Crippen LogP contribution in [0, 0.1) is 0 Å². The van der Waals surface area contributed by atoms with Gasteiger partial charge in [0.15, 0.2) is 0 Å². The predicted octanol–water partition coefficient (Wildman–Crippen LogP) is 16.2. The first-order valence-corrected chi connectivity index (χ1v) is 25.9. The van der Waals surface area contributed by atoms with Crippen LogP contribution in [0.1, 0.15) is 102 Å². The molecule has 0 spiro atoms. The van der Waals surface area contributed by atoms with Gasteiger partial charge in [0.1, 0.15) is 18.9 Å². The average molecular weight is 965 g/mol. The van der Waals surface area contributed by atoms with Crippen molar-refractivity contribution in [2.75, 3.05) is 13.2 Å². The molecule has 0 amide bonds. The summed E-state index contributed by atoms with van der Waals surface area (Å²) in [5.74, 6) is 5.32. The maximum absolute atomic E-state index is 9.89. The molecule has 0 saturated carbocycles. The van der Waals surface area contributed by atoms with Gasteiger partial charge in [0.25, 0.3) is 0 Å². The summed E-state index contributed by atoms with van der Waals surface area (Å²) in [4.78, 5) is 0. The van der Waals surface area contributed by atoms with Crippen LogP contribution in [-0.2, 0) is 25.7 Å². The highest BCUT2D eigenvalue weighted by molar-refractivity contribution is 6.27. The summed E-state index contributed by atoms with van der Waals surface area (Å²) in [6, 6.07) is 60.0. The van der Waals surface area contributed by atoms with Crippen molar-refractivity contribution in [2.24, 2.45) is 0 Å². The van der Waals surface area contributed by atoms with Crippen LogP contribution in [0.5, 0.6) is 11.5 Å². The van der Waals surface area contributed by atoms with Crippen LogP contribution < -0.4 is 19.5 Å². The second-order valence-electron chi connectivity index (χ2n) is 17.8. The Labute approximate surface area is 428 Å². The van der Waals surface area contributed by atoms with E-state index in [-0.39, 0.29) is 0 Å². The van der Waals surface area contributed by atoms with Gasteiger partial charge in [-0.3, -0.25) is 0 Å². The van der Waals surface area contributed by atoms with Crippen molar-refractivity contribution in [3.05, 3.63) is 192 Å². The third kappa shape index (κ3) is 16.6. The van der Waals surface area contributed by atoms with Crippen molar-refractivity contribution >= 4 is 7.40 Å². The quantitative estimate of drug-likeness (QED) is 0.0430. The summed E-state index contributed by atoms with van der Waals surface area (Å²) in [6.07, 6.45) is 11.1. The number of ether oxygens (including phenoxy) is 2. The molecule has 0 N–H and O–H groups in total. The molecule has 0 aliphatic rings. The van der Waals surface area contributed by atoms with Gasteiger partial charge in [-0.15, -0.1) is 0 Å². The van der Waals surface area contributed by atoms with Crippen molar-refractivity contribution in [1.29, 1.82) is 0 Å². The van der Waals surface area contributed by atoms with Gasteiger partial charge in [0, 0.05) is 11.1 Å². The topological polar surface area (TPSA) is 87.2 Å². The van der Waals surface area contributed by atoms with E-state index >= 15 is 0 Å². The van der Waals surface area contributed by atoms with Crippen LogP contribution in [0.25, 0.3) is 67.5 Å². The standard InChI is InChI=1S/2C32H35O2.BFO2/c2*1-4-7-8-21-33-30-19-17-26(18-20-30)29-22-31(27-13-9-24(5-2)10-14-27)34-32(23-29)28-15-11-25(6-3)12-16-28;2-1(3)4/h2*9-20,22-23H,4-8,21H2,1-3H3;/q2*+1;-2. The van der Waals surface area contributed by atoms with E-state index in [0.29, 0.717) is 0 Å². The van der Waals surface area contributed by atoms with E-state index in [0.717, 1.165) is 131 Å². The number of unbranched alkanes of at least 4 members (excludes halogenated alkanes) is 4. The fourth-order valence-corrected chi connectivity index (χ4v) is 8.10. The monoisotopic (exact) mass is 965 g/mol. The summed E-state index contributed by atoms with van der Waals surface area (Å²) in [6.45, 7) is 14.7. The van der Waals surface area contributed by atoms with Crippen LogP contribution >= 0.6 is 0 Å². The van der Waals surface area contributed by atoms with Crippen LogP contribution in [0.3, 0.4) is 0 Å². The van der Waals surface area contributed by atoms with Gasteiger partial charge in [-0.1, -0.05) is 140 Å². The molecule has 0 unspecified atom stereocenters. The largest absolute Gasteiger partial charge is 0.867 e. The molecule has 0 aliphatic heterocycles. The van der Waals surface area contributed by atoms with Crippen LogP contribution in [0.4, 0.5) is 4.32 Å². The van der Waals surface area contributed by atoms with Gasteiger partial charge in [-0.25, -0.2) is 8.83 Å². The minimum Gasteiger partial charge on any atom is -0.867 e. The van der Waals surface area contributed by atoms with E-state index < -0.39 is 7.40 Å². The van der Waals surface area contributed by atoms with E-state index in [1.54, 1.807) is 0 Å². The number of benzene rings is 6. The molecule has 2 heterocycles. The molecular weight excluding hydrogens is 895 g/mol. The Balaban J connectivity index is 0.000000219. The average Bonchev–Trinajstić information content (AvgIpc) is 3.43. The minimum atomic E-state index is -3.17. The molecular formula is C64H70BFO6. The number of hydrogen-bond donors (Lipinski definition) is 0. The van der Waals surface area contributed by atoms with E-state index in [2.05, 4.69) is 211 Å². The smallest absolute Gasteiger partial charge is 0.361 e. The van der Waals surface area contributed by atoms with Gasteiger partial charge in [-0.2, -0.15) is 0 Å². The molecule has 0 fully saturated rings. The SMILES string of the molecule is CCCCCOc1ccc(-c2cc(-c3ccc(CC)cc3)[o+]c(-c3ccc(CC)cc3)c2)cc1.CCCCCOc1ccc(-c2cc(-c3ccc(CC)cc3)[o+]c(-c3ccc(CC)cc3)c2)cc1.[O-]B([O-])F. The number of aryl methyl sites for hydroxylation is 4.